The van der Waals surface area contributed by atoms with Crippen molar-refractivity contribution in [2.24, 2.45) is 10.8 Å². The van der Waals surface area contributed by atoms with E-state index < -0.39 is 11.2 Å². The van der Waals surface area contributed by atoms with E-state index in [2.05, 4.69) is 0 Å². The number of halogens is 1. The third kappa shape index (κ3) is 1.65. The molecule has 2 nitrogen and oxygen atoms in total. The van der Waals surface area contributed by atoms with Crippen molar-refractivity contribution in [2.45, 2.75) is 27.7 Å². The Labute approximate surface area is 101 Å². The number of ketones is 1. The van der Waals surface area contributed by atoms with Crippen molar-refractivity contribution < 1.29 is 13.9 Å². The molecule has 92 valence electrons. The van der Waals surface area contributed by atoms with Crippen LogP contribution in [0.5, 0.6) is 5.75 Å². The molecule has 3 heteroatoms. The molecule has 1 heterocycles. The lowest BCUT2D eigenvalue weighted by molar-refractivity contribution is 0.0444. The minimum atomic E-state index is -0.577. The second-order valence-corrected chi connectivity index (χ2v) is 5.74. The highest BCUT2D eigenvalue weighted by molar-refractivity contribution is 6.03. The quantitative estimate of drug-likeness (QED) is 0.689. The molecule has 0 fully saturated rings. The van der Waals surface area contributed by atoms with E-state index >= 15 is 0 Å². The van der Waals surface area contributed by atoms with Gasteiger partial charge in [-0.3, -0.25) is 4.79 Å². The van der Waals surface area contributed by atoms with E-state index in [4.69, 9.17) is 4.74 Å². The van der Waals surface area contributed by atoms with Gasteiger partial charge in [-0.05, 0) is 12.1 Å². The summed E-state index contributed by atoms with van der Waals surface area (Å²) in [5, 5.41) is 0. The number of carbonyl (C=O) groups is 1. The molecule has 0 spiro atoms. The van der Waals surface area contributed by atoms with Gasteiger partial charge >= 0.3 is 0 Å². The number of para-hydroxylation sites is 1. The van der Waals surface area contributed by atoms with Crippen molar-refractivity contribution in [3.05, 3.63) is 29.6 Å². The average molecular weight is 236 g/mol. The van der Waals surface area contributed by atoms with Gasteiger partial charge in [-0.1, -0.05) is 33.8 Å². The minimum absolute atomic E-state index is 0.0606. The van der Waals surface area contributed by atoms with Crippen molar-refractivity contribution in [2.75, 3.05) is 6.61 Å². The second kappa shape index (κ2) is 3.56. The van der Waals surface area contributed by atoms with Gasteiger partial charge in [0.1, 0.15) is 0 Å². The van der Waals surface area contributed by atoms with Gasteiger partial charge in [0.25, 0.3) is 0 Å². The minimum Gasteiger partial charge on any atom is -0.489 e. The lowest BCUT2D eigenvalue weighted by atomic mass is 9.65. The van der Waals surface area contributed by atoms with Crippen LogP contribution in [0.25, 0.3) is 0 Å². The fourth-order valence-electron chi connectivity index (χ4n) is 1.91. The maximum Gasteiger partial charge on any atom is 0.172 e. The molecule has 0 amide bonds. The molecule has 0 bridgehead atoms. The summed E-state index contributed by atoms with van der Waals surface area (Å²) in [6, 6.07) is 4.49. The number of hydrogen-bond donors (Lipinski definition) is 0. The van der Waals surface area contributed by atoms with Gasteiger partial charge in [-0.25, -0.2) is 4.39 Å². The summed E-state index contributed by atoms with van der Waals surface area (Å²) in [5.41, 5.74) is -0.567. The number of Topliss-reactive ketones (excluding diaryl/α,β-unsaturated/α-hetero) is 1. The van der Waals surface area contributed by atoms with E-state index in [1.165, 1.54) is 6.07 Å². The van der Waals surface area contributed by atoms with Gasteiger partial charge in [0.15, 0.2) is 17.3 Å². The molecule has 0 saturated carbocycles. The molecule has 1 aliphatic rings. The first-order valence-corrected chi connectivity index (χ1v) is 5.73. The molecule has 2 rings (SSSR count). The Morgan fingerprint density at radius 3 is 2.53 bits per heavy atom. The molecule has 1 aliphatic heterocycles. The van der Waals surface area contributed by atoms with Gasteiger partial charge in [-0.2, -0.15) is 0 Å². The third-order valence-corrected chi connectivity index (χ3v) is 4.05. The Balaban J connectivity index is 2.63. The van der Waals surface area contributed by atoms with Crippen LogP contribution < -0.4 is 4.74 Å². The van der Waals surface area contributed by atoms with Gasteiger partial charge < -0.3 is 4.74 Å². The fraction of sp³-hybridized carbons (Fsp3) is 0.500. The smallest absolute Gasteiger partial charge is 0.172 e. The van der Waals surface area contributed by atoms with E-state index in [1.54, 1.807) is 12.1 Å². The predicted molar refractivity (Wildman–Crippen MR) is 63.8 cm³/mol. The molecular weight excluding hydrogens is 219 g/mol. The molecule has 1 aromatic rings. The number of benzene rings is 1. The SMILES string of the molecule is CC1(C)COc2c(F)cccc2C(=O)C1(C)C. The molecule has 0 unspecified atom stereocenters. The summed E-state index contributed by atoms with van der Waals surface area (Å²) in [5.74, 6) is -0.435. The highest BCUT2D eigenvalue weighted by Crippen LogP contribution is 2.45. The van der Waals surface area contributed by atoms with E-state index in [1.807, 2.05) is 27.7 Å². The summed E-state index contributed by atoms with van der Waals surface area (Å²) in [6.07, 6.45) is 0. The number of fused-ring (bicyclic) bond motifs is 1. The molecule has 1 aromatic carbocycles. The molecule has 0 saturated heterocycles. The molecule has 0 aromatic heterocycles. The Hall–Kier alpha value is -1.38. The highest BCUT2D eigenvalue weighted by Gasteiger charge is 2.47. The number of hydrogen-bond acceptors (Lipinski definition) is 2. The normalized spacial score (nSPS) is 21.4. The summed E-state index contributed by atoms with van der Waals surface area (Å²) < 4.78 is 19.2. The fourth-order valence-corrected chi connectivity index (χ4v) is 1.91. The van der Waals surface area contributed by atoms with E-state index in [0.717, 1.165) is 0 Å². The Morgan fingerprint density at radius 2 is 1.88 bits per heavy atom. The zero-order chi connectivity index (χ0) is 12.8. The first-order valence-electron chi connectivity index (χ1n) is 5.73. The third-order valence-electron chi connectivity index (χ3n) is 4.05. The maximum atomic E-state index is 13.7. The summed E-state index contributed by atoms with van der Waals surface area (Å²) >= 11 is 0. The number of carbonyl (C=O) groups excluding carboxylic acids is 1. The molecule has 0 radical (unpaired) electrons. The van der Waals surface area contributed by atoms with Crippen LogP contribution in [0.15, 0.2) is 18.2 Å². The van der Waals surface area contributed by atoms with Crippen LogP contribution in [0.4, 0.5) is 4.39 Å². The average Bonchev–Trinajstić information content (AvgIpc) is 2.30. The van der Waals surface area contributed by atoms with Crippen molar-refractivity contribution in [1.82, 2.24) is 0 Å². The standard InChI is InChI=1S/C14H17FO2/c1-13(2)8-17-11-9(6-5-7-10(11)15)12(16)14(13,3)4/h5-7H,8H2,1-4H3. The largest absolute Gasteiger partial charge is 0.489 e. The summed E-state index contributed by atoms with van der Waals surface area (Å²) in [4.78, 5) is 12.5. The van der Waals surface area contributed by atoms with Crippen LogP contribution in [0, 0.1) is 16.6 Å². The van der Waals surface area contributed by atoms with Gasteiger partial charge in [0.05, 0.1) is 12.2 Å². The monoisotopic (exact) mass is 236 g/mol. The van der Waals surface area contributed by atoms with Crippen LogP contribution in [0.2, 0.25) is 0 Å². The molecule has 0 N–H and O–H groups in total. The lowest BCUT2D eigenvalue weighted by Crippen LogP contribution is -2.41. The Morgan fingerprint density at radius 1 is 1.24 bits per heavy atom. The second-order valence-electron chi connectivity index (χ2n) is 5.74. The zero-order valence-corrected chi connectivity index (χ0v) is 10.6. The van der Waals surface area contributed by atoms with Crippen LogP contribution in [0.1, 0.15) is 38.1 Å². The van der Waals surface area contributed by atoms with E-state index in [-0.39, 0.29) is 16.9 Å². The van der Waals surface area contributed by atoms with Gasteiger partial charge in [0, 0.05) is 10.8 Å². The van der Waals surface area contributed by atoms with Crippen LogP contribution >= 0.6 is 0 Å². The molecule has 0 atom stereocenters. The lowest BCUT2D eigenvalue weighted by Gasteiger charge is -2.37. The first-order chi connectivity index (χ1) is 7.77. The topological polar surface area (TPSA) is 26.3 Å². The zero-order valence-electron chi connectivity index (χ0n) is 10.6. The number of ether oxygens (including phenoxy) is 1. The number of rotatable bonds is 0. The van der Waals surface area contributed by atoms with Crippen molar-refractivity contribution in [3.8, 4) is 5.75 Å². The van der Waals surface area contributed by atoms with E-state index in [0.29, 0.717) is 12.2 Å². The summed E-state index contributed by atoms with van der Waals surface area (Å²) in [6.45, 7) is 8.04. The highest BCUT2D eigenvalue weighted by atomic mass is 19.1. The molecular formula is C14H17FO2. The van der Waals surface area contributed by atoms with E-state index in [9.17, 15) is 9.18 Å². The van der Waals surface area contributed by atoms with Crippen molar-refractivity contribution >= 4 is 5.78 Å². The molecule has 0 aliphatic carbocycles. The van der Waals surface area contributed by atoms with Crippen LogP contribution in [0.3, 0.4) is 0 Å². The van der Waals surface area contributed by atoms with Crippen molar-refractivity contribution in [3.63, 3.8) is 0 Å². The maximum absolute atomic E-state index is 13.7. The van der Waals surface area contributed by atoms with Gasteiger partial charge in [-0.15, -0.1) is 0 Å². The Kier molecular flexibility index (Phi) is 2.53. The molecule has 17 heavy (non-hydrogen) atoms. The van der Waals surface area contributed by atoms with Crippen LogP contribution in [-0.2, 0) is 0 Å². The predicted octanol–water partition coefficient (Wildman–Crippen LogP) is 3.45. The van der Waals surface area contributed by atoms with Crippen molar-refractivity contribution in [1.29, 1.82) is 0 Å². The summed E-state index contributed by atoms with van der Waals surface area (Å²) in [7, 11) is 0. The Bertz CT molecular complexity index is 475. The van der Waals surface area contributed by atoms with Gasteiger partial charge in [0.2, 0.25) is 0 Å². The van der Waals surface area contributed by atoms with Crippen LogP contribution in [-0.4, -0.2) is 12.4 Å². The first kappa shape index (κ1) is 12.1.